The van der Waals surface area contributed by atoms with Crippen molar-refractivity contribution < 1.29 is 13.6 Å². The number of nitrogens with zero attached hydrogens (tertiary/aromatic N) is 2. The zero-order valence-corrected chi connectivity index (χ0v) is 20.0. The maximum absolute atomic E-state index is 13.9. The molecular weight excluding hydrogens is 501 g/mol. The van der Waals surface area contributed by atoms with Crippen LogP contribution in [0.4, 0.5) is 8.78 Å². The maximum Gasteiger partial charge on any atom is 0.253 e. The Kier molecular flexibility index (Phi) is 10.7. The van der Waals surface area contributed by atoms with Crippen LogP contribution >= 0.6 is 24.0 Å². The van der Waals surface area contributed by atoms with Gasteiger partial charge in [0.25, 0.3) is 5.91 Å². The summed E-state index contributed by atoms with van der Waals surface area (Å²) in [5.74, 6) is -0.711. The van der Waals surface area contributed by atoms with E-state index >= 15 is 0 Å². The van der Waals surface area contributed by atoms with Crippen LogP contribution in [0, 0.1) is 11.6 Å². The SMILES string of the molecule is CN=C(NCCc1cccc(C(=O)N(C)C)c1)NCC(C)c1ccc(F)cc1F.I. The maximum atomic E-state index is 13.9. The standard InChI is InChI=1S/C22H28F2N4O.HI/c1-15(19-9-8-18(23)13-20(19)24)14-27-22(25-2)26-11-10-16-6-5-7-17(12-16)21(29)28(3)4;/h5-9,12-13,15H,10-11,14H2,1-4H3,(H2,25,26,27);1H. The number of aliphatic imine (C=N–C) groups is 1. The quantitative estimate of drug-likeness (QED) is 0.326. The Labute approximate surface area is 194 Å². The highest BCUT2D eigenvalue weighted by molar-refractivity contribution is 14.0. The van der Waals surface area contributed by atoms with Crippen molar-refractivity contribution in [3.63, 3.8) is 0 Å². The number of rotatable bonds is 7. The van der Waals surface area contributed by atoms with E-state index in [1.54, 1.807) is 32.1 Å². The number of carbonyl (C=O) groups is 1. The second-order valence-corrected chi connectivity index (χ2v) is 7.10. The number of amides is 1. The number of hydrogen-bond acceptors (Lipinski definition) is 2. The molecule has 1 atom stereocenters. The van der Waals surface area contributed by atoms with E-state index in [2.05, 4.69) is 15.6 Å². The van der Waals surface area contributed by atoms with Crippen LogP contribution in [0.1, 0.15) is 34.3 Å². The molecule has 164 valence electrons. The summed E-state index contributed by atoms with van der Waals surface area (Å²) in [6.45, 7) is 2.94. The third-order valence-corrected chi connectivity index (χ3v) is 4.58. The van der Waals surface area contributed by atoms with Crippen molar-refractivity contribution in [2.24, 2.45) is 4.99 Å². The van der Waals surface area contributed by atoms with Crippen molar-refractivity contribution in [2.45, 2.75) is 19.3 Å². The Morgan fingerprint density at radius 1 is 1.13 bits per heavy atom. The van der Waals surface area contributed by atoms with Crippen molar-refractivity contribution in [1.82, 2.24) is 15.5 Å². The van der Waals surface area contributed by atoms with Crippen molar-refractivity contribution in [1.29, 1.82) is 0 Å². The highest BCUT2D eigenvalue weighted by Gasteiger charge is 2.12. The van der Waals surface area contributed by atoms with Crippen molar-refractivity contribution >= 4 is 35.8 Å². The molecule has 0 aliphatic rings. The fraction of sp³-hybridized carbons (Fsp3) is 0.364. The van der Waals surface area contributed by atoms with Gasteiger partial charge in [0, 0.05) is 51.8 Å². The van der Waals surface area contributed by atoms with E-state index in [9.17, 15) is 13.6 Å². The first-order chi connectivity index (χ1) is 13.8. The first-order valence-corrected chi connectivity index (χ1v) is 9.52. The summed E-state index contributed by atoms with van der Waals surface area (Å²) in [6, 6.07) is 11.2. The molecule has 0 spiro atoms. The largest absolute Gasteiger partial charge is 0.356 e. The number of carbonyl (C=O) groups excluding carboxylic acids is 1. The van der Waals surface area contributed by atoms with Crippen LogP contribution in [0.15, 0.2) is 47.5 Å². The minimum Gasteiger partial charge on any atom is -0.356 e. The first kappa shape index (κ1) is 25.8. The third kappa shape index (κ3) is 7.55. The summed E-state index contributed by atoms with van der Waals surface area (Å²) in [5, 5.41) is 6.37. The van der Waals surface area contributed by atoms with E-state index in [0.717, 1.165) is 18.1 Å². The molecule has 1 amide bonds. The van der Waals surface area contributed by atoms with E-state index in [1.807, 2.05) is 25.1 Å². The van der Waals surface area contributed by atoms with Crippen molar-refractivity contribution in [3.05, 3.63) is 70.8 Å². The number of halogens is 3. The minimum absolute atomic E-state index is 0. The monoisotopic (exact) mass is 530 g/mol. The van der Waals surface area contributed by atoms with Gasteiger partial charge in [-0.2, -0.15) is 0 Å². The van der Waals surface area contributed by atoms with Crippen LogP contribution in [0.3, 0.4) is 0 Å². The summed E-state index contributed by atoms with van der Waals surface area (Å²) in [5.41, 5.74) is 2.16. The fourth-order valence-electron chi connectivity index (χ4n) is 2.92. The molecule has 0 saturated carbocycles. The summed E-state index contributed by atoms with van der Waals surface area (Å²) in [4.78, 5) is 17.8. The number of guanidine groups is 1. The zero-order valence-electron chi connectivity index (χ0n) is 17.7. The van der Waals surface area contributed by atoms with Gasteiger partial charge in [-0.25, -0.2) is 8.78 Å². The molecule has 0 saturated heterocycles. The molecule has 0 bridgehead atoms. The molecule has 2 aromatic carbocycles. The van der Waals surface area contributed by atoms with Crippen LogP contribution in [-0.2, 0) is 6.42 Å². The van der Waals surface area contributed by atoms with Gasteiger partial charge in [-0.3, -0.25) is 9.79 Å². The molecule has 0 aliphatic heterocycles. The predicted molar refractivity (Wildman–Crippen MR) is 128 cm³/mol. The first-order valence-electron chi connectivity index (χ1n) is 9.52. The fourth-order valence-corrected chi connectivity index (χ4v) is 2.92. The van der Waals surface area contributed by atoms with Gasteiger partial charge < -0.3 is 15.5 Å². The lowest BCUT2D eigenvalue weighted by Crippen LogP contribution is -2.40. The average molecular weight is 530 g/mol. The summed E-state index contributed by atoms with van der Waals surface area (Å²) in [6.07, 6.45) is 0.720. The second kappa shape index (κ2) is 12.5. The summed E-state index contributed by atoms with van der Waals surface area (Å²) >= 11 is 0. The van der Waals surface area contributed by atoms with Gasteiger partial charge in [0.1, 0.15) is 11.6 Å². The molecular formula is C22H29F2IN4O. The highest BCUT2D eigenvalue weighted by Crippen LogP contribution is 2.19. The molecule has 2 N–H and O–H groups in total. The predicted octanol–water partition coefficient (Wildman–Crippen LogP) is 3.80. The van der Waals surface area contributed by atoms with E-state index < -0.39 is 11.6 Å². The van der Waals surface area contributed by atoms with Crippen LogP contribution in [0.5, 0.6) is 0 Å². The molecule has 0 radical (unpaired) electrons. The lowest BCUT2D eigenvalue weighted by Gasteiger charge is -2.17. The Morgan fingerprint density at radius 2 is 1.87 bits per heavy atom. The Balaban J connectivity index is 0.00000450. The number of nitrogens with one attached hydrogen (secondary N) is 2. The van der Waals surface area contributed by atoms with Gasteiger partial charge in [-0.15, -0.1) is 24.0 Å². The van der Waals surface area contributed by atoms with Crippen LogP contribution in [0.2, 0.25) is 0 Å². The molecule has 0 heterocycles. The van der Waals surface area contributed by atoms with E-state index in [1.165, 1.54) is 12.1 Å². The molecule has 0 fully saturated rings. The van der Waals surface area contributed by atoms with E-state index in [4.69, 9.17) is 0 Å². The van der Waals surface area contributed by atoms with E-state index in [0.29, 0.717) is 30.2 Å². The molecule has 0 aliphatic carbocycles. The molecule has 1 unspecified atom stereocenters. The van der Waals surface area contributed by atoms with Crippen molar-refractivity contribution in [3.8, 4) is 0 Å². The van der Waals surface area contributed by atoms with Gasteiger partial charge in [0.05, 0.1) is 0 Å². The van der Waals surface area contributed by atoms with Gasteiger partial charge in [0.15, 0.2) is 5.96 Å². The van der Waals surface area contributed by atoms with Gasteiger partial charge in [-0.1, -0.05) is 25.1 Å². The van der Waals surface area contributed by atoms with E-state index in [-0.39, 0.29) is 35.8 Å². The van der Waals surface area contributed by atoms with Crippen molar-refractivity contribution in [2.75, 3.05) is 34.2 Å². The zero-order chi connectivity index (χ0) is 21.4. The summed E-state index contributed by atoms with van der Waals surface area (Å²) < 4.78 is 27.0. The Morgan fingerprint density at radius 3 is 2.50 bits per heavy atom. The molecule has 30 heavy (non-hydrogen) atoms. The minimum atomic E-state index is -0.583. The lowest BCUT2D eigenvalue weighted by molar-refractivity contribution is 0.0827. The van der Waals surface area contributed by atoms with Gasteiger partial charge >= 0.3 is 0 Å². The highest BCUT2D eigenvalue weighted by atomic mass is 127. The topological polar surface area (TPSA) is 56.7 Å². The number of benzene rings is 2. The second-order valence-electron chi connectivity index (χ2n) is 7.10. The van der Waals surface area contributed by atoms with Gasteiger partial charge in [-0.05, 0) is 35.7 Å². The number of hydrogen-bond donors (Lipinski definition) is 2. The van der Waals surface area contributed by atoms with Crippen LogP contribution in [-0.4, -0.2) is 51.0 Å². The normalized spacial score (nSPS) is 12.0. The molecule has 2 aromatic rings. The molecule has 0 aromatic heterocycles. The summed E-state index contributed by atoms with van der Waals surface area (Å²) in [7, 11) is 5.12. The smallest absolute Gasteiger partial charge is 0.253 e. The Hall–Kier alpha value is -2.23. The van der Waals surface area contributed by atoms with Gasteiger partial charge in [0.2, 0.25) is 0 Å². The third-order valence-electron chi connectivity index (χ3n) is 4.58. The molecule has 2 rings (SSSR count). The average Bonchev–Trinajstić information content (AvgIpc) is 2.69. The van der Waals surface area contributed by atoms with Crippen LogP contribution < -0.4 is 10.6 Å². The lowest BCUT2D eigenvalue weighted by atomic mass is 10.0. The Bertz CT molecular complexity index is 874. The molecule has 8 heteroatoms. The molecule has 5 nitrogen and oxygen atoms in total. The van der Waals surface area contributed by atoms with Crippen LogP contribution in [0.25, 0.3) is 0 Å².